The fourth-order valence-corrected chi connectivity index (χ4v) is 15.0. The predicted octanol–water partition coefficient (Wildman–Crippen LogP) is 1.31. The molecule has 0 bridgehead atoms. The molecule has 0 spiro atoms. The van der Waals surface area contributed by atoms with Crippen molar-refractivity contribution in [3.05, 3.63) is 0 Å². The first-order chi connectivity index (χ1) is 10.5. The summed E-state index contributed by atoms with van der Waals surface area (Å²) in [5.41, 5.74) is 3.76. The number of nitrogens with zero attached hydrogens (tertiary/aromatic N) is 3. The van der Waals surface area contributed by atoms with Gasteiger partial charge in [-0.3, -0.25) is 0 Å². The minimum atomic E-state index is -1.17. The first-order valence-corrected chi connectivity index (χ1v) is 30.4. The van der Waals surface area contributed by atoms with Crippen LogP contribution in [0.2, 0.25) is 78.6 Å². The second-order valence-corrected chi connectivity index (χ2v) is 54.1. The van der Waals surface area contributed by atoms with E-state index in [2.05, 4.69) is 78.6 Å². The topological polar surface area (TPSA) is 38.7 Å². The van der Waals surface area contributed by atoms with Gasteiger partial charge in [0.15, 0.2) is 0 Å². The molecule has 1 heterocycles. The van der Waals surface area contributed by atoms with Gasteiger partial charge in [0.1, 0.15) is 41.3 Å². The first kappa shape index (κ1) is 22.4. The average Bonchev–Trinajstić information content (AvgIpc) is 2.41. The highest BCUT2D eigenvalue weighted by atomic mass is 29.2. The number of hydrogen-bond acceptors (Lipinski definition) is 3. The molecular weight excluding hydrogens is 391 g/mol. The zero-order valence-corrected chi connectivity index (χ0v) is 24.5. The Morgan fingerprint density at radius 1 is 0.458 bits per heavy atom. The minimum Gasteiger partial charge on any atom is -0.230 e. The molecule has 0 aliphatic carbocycles. The van der Waals surface area contributed by atoms with Gasteiger partial charge in [0.05, 0.1) is 0 Å². The molecule has 0 aliphatic rings. The Labute approximate surface area is 157 Å². The molecule has 24 heavy (non-hydrogen) atoms. The van der Waals surface area contributed by atoms with Crippen molar-refractivity contribution in [3.8, 4) is 0 Å². The summed E-state index contributed by atoms with van der Waals surface area (Å²) in [5, 5.41) is 0. The number of rotatable bonds is 6. The molecule has 1 aromatic heterocycles. The number of hydrogen-bond donors (Lipinski definition) is 0. The normalized spacial score (nSPS) is 17.5. The van der Waals surface area contributed by atoms with Crippen molar-refractivity contribution < 1.29 is 0 Å². The van der Waals surface area contributed by atoms with Gasteiger partial charge in [0.2, 0.25) is 0 Å². The maximum Gasteiger partial charge on any atom is 0.109 e. The molecule has 3 nitrogen and oxygen atoms in total. The smallest absolute Gasteiger partial charge is 0.109 e. The predicted molar refractivity (Wildman–Crippen MR) is 128 cm³/mol. The molecule has 0 aliphatic heterocycles. The average molecular weight is 430 g/mol. The van der Waals surface area contributed by atoms with Crippen molar-refractivity contribution in [1.29, 1.82) is 0 Å². The van der Waals surface area contributed by atoms with E-state index in [1.54, 1.807) is 0 Å². The highest BCUT2D eigenvalue weighted by Gasteiger charge is 2.35. The second kappa shape index (κ2) is 7.51. The molecule has 9 heteroatoms. The number of aromatic nitrogens is 3. The summed E-state index contributed by atoms with van der Waals surface area (Å²) in [6, 6.07) is 0. The van der Waals surface area contributed by atoms with E-state index < -0.39 is 47.7 Å². The van der Waals surface area contributed by atoms with Gasteiger partial charge in [-0.15, -0.1) is 0 Å². The fourth-order valence-electron chi connectivity index (χ4n) is 2.17. The molecule has 0 saturated carbocycles. The van der Waals surface area contributed by atoms with E-state index in [0.29, 0.717) is 0 Å². The zero-order valence-electron chi connectivity index (χ0n) is 18.1. The van der Waals surface area contributed by atoms with Gasteiger partial charge in [-0.05, 0) is 0 Å². The maximum absolute atomic E-state index is 5.14. The van der Waals surface area contributed by atoms with E-state index >= 15 is 0 Å². The van der Waals surface area contributed by atoms with E-state index in [1.807, 2.05) is 0 Å². The molecule has 0 amide bonds. The molecular formula is C15H39N3Si6. The molecule has 0 N–H and O–H groups in total. The van der Waals surface area contributed by atoms with Crippen molar-refractivity contribution in [2.75, 3.05) is 0 Å². The van der Waals surface area contributed by atoms with Gasteiger partial charge in [-0.2, -0.15) is 0 Å². The SMILES string of the molecule is C[SiH](c1nc([SiH](C)[Si](C)(C)C)nc([SiH](C)[Si](C)(C)C)n1)[Si](C)(C)C. The van der Waals surface area contributed by atoms with Crippen molar-refractivity contribution in [2.45, 2.75) is 78.6 Å². The molecule has 3 unspecified atom stereocenters. The largest absolute Gasteiger partial charge is 0.230 e. The summed E-state index contributed by atoms with van der Waals surface area (Å²) in [7, 11) is -6.64. The van der Waals surface area contributed by atoms with Crippen molar-refractivity contribution in [3.63, 3.8) is 0 Å². The minimum absolute atomic E-state index is 1.04. The van der Waals surface area contributed by atoms with Crippen LogP contribution in [0, 0.1) is 0 Å². The second-order valence-electron chi connectivity index (χ2n) is 10.7. The van der Waals surface area contributed by atoms with E-state index in [4.69, 9.17) is 15.0 Å². The Bertz CT molecular complexity index is 481. The van der Waals surface area contributed by atoms with Crippen molar-refractivity contribution >= 4 is 64.1 Å². The molecule has 138 valence electrons. The molecule has 0 saturated heterocycles. The van der Waals surface area contributed by atoms with Gasteiger partial charge in [0.25, 0.3) is 0 Å². The highest BCUT2D eigenvalue weighted by Crippen LogP contribution is 2.08. The summed E-state index contributed by atoms with van der Waals surface area (Å²) >= 11 is 0. The molecule has 0 fully saturated rings. The van der Waals surface area contributed by atoms with E-state index in [1.165, 1.54) is 16.3 Å². The third kappa shape index (κ3) is 5.66. The van der Waals surface area contributed by atoms with Crippen LogP contribution < -0.4 is 16.3 Å². The van der Waals surface area contributed by atoms with Gasteiger partial charge in [-0.1, -0.05) is 78.6 Å². The van der Waals surface area contributed by atoms with Crippen LogP contribution >= 0.6 is 0 Å². The lowest BCUT2D eigenvalue weighted by molar-refractivity contribution is 1.17. The molecule has 1 rings (SSSR count). The summed E-state index contributed by atoms with van der Waals surface area (Å²) in [5.74, 6) is 0. The van der Waals surface area contributed by atoms with Crippen LogP contribution in [0.1, 0.15) is 0 Å². The Morgan fingerprint density at radius 3 is 0.750 bits per heavy atom. The van der Waals surface area contributed by atoms with Crippen LogP contribution in [0.25, 0.3) is 0 Å². The van der Waals surface area contributed by atoms with Crippen LogP contribution in [-0.4, -0.2) is 62.7 Å². The van der Waals surface area contributed by atoms with E-state index in [-0.39, 0.29) is 0 Å². The zero-order chi connectivity index (χ0) is 19.1. The first-order valence-electron chi connectivity index (χ1n) is 9.31. The third-order valence-electron chi connectivity index (χ3n) is 5.75. The molecule has 0 radical (unpaired) electrons. The Balaban J connectivity index is 3.51. The van der Waals surface area contributed by atoms with Crippen molar-refractivity contribution in [1.82, 2.24) is 15.0 Å². The maximum atomic E-state index is 5.14. The summed E-state index contributed by atoms with van der Waals surface area (Å²) in [4.78, 5) is 15.4. The summed E-state index contributed by atoms with van der Waals surface area (Å²) in [6.07, 6.45) is 0. The lowest BCUT2D eigenvalue weighted by atomic mass is 11.0. The Hall–Kier alpha value is 0.311. The fraction of sp³-hybridized carbons (Fsp3) is 0.800. The summed E-state index contributed by atoms with van der Waals surface area (Å²) in [6.45, 7) is 29.9. The van der Waals surface area contributed by atoms with Gasteiger partial charge < -0.3 is 0 Å². The van der Waals surface area contributed by atoms with Gasteiger partial charge in [0, 0.05) is 22.8 Å². The Morgan fingerprint density at radius 2 is 0.625 bits per heavy atom. The highest BCUT2D eigenvalue weighted by molar-refractivity contribution is 7.37. The third-order valence-corrected chi connectivity index (χ3v) is 42.3. The summed E-state index contributed by atoms with van der Waals surface area (Å²) < 4.78 is 0. The monoisotopic (exact) mass is 429 g/mol. The van der Waals surface area contributed by atoms with Gasteiger partial charge in [-0.25, -0.2) is 15.0 Å². The van der Waals surface area contributed by atoms with Crippen molar-refractivity contribution in [2.24, 2.45) is 0 Å². The molecule has 1 aromatic rings. The van der Waals surface area contributed by atoms with Crippen LogP contribution in [0.15, 0.2) is 0 Å². The van der Waals surface area contributed by atoms with Crippen LogP contribution in [0.5, 0.6) is 0 Å². The standard InChI is InChI=1S/C15H39N3Si6/c1-19(22(4,5)6)13-16-14(20(2)23(7,8)9)18-15(17-13)21(3)24(10,11)12/h19-21H,1-12H3. The molecule has 0 aromatic carbocycles. The van der Waals surface area contributed by atoms with Crippen LogP contribution in [0.4, 0.5) is 0 Å². The Kier molecular flexibility index (Phi) is 6.99. The van der Waals surface area contributed by atoms with Crippen LogP contribution in [0.3, 0.4) is 0 Å². The lowest BCUT2D eigenvalue weighted by Crippen LogP contribution is -2.63. The lowest BCUT2D eigenvalue weighted by Gasteiger charge is -2.28. The van der Waals surface area contributed by atoms with Gasteiger partial charge >= 0.3 is 0 Å². The van der Waals surface area contributed by atoms with E-state index in [0.717, 1.165) is 0 Å². The quantitative estimate of drug-likeness (QED) is 0.640. The van der Waals surface area contributed by atoms with Crippen LogP contribution in [-0.2, 0) is 0 Å². The van der Waals surface area contributed by atoms with E-state index in [9.17, 15) is 0 Å². The molecule has 3 atom stereocenters.